The molecule has 2 rings (SSSR count). The molecule has 2 N–H and O–H groups in total. The summed E-state index contributed by atoms with van der Waals surface area (Å²) < 4.78 is 13.2. The summed E-state index contributed by atoms with van der Waals surface area (Å²) in [5.41, 5.74) is 1.95. The first-order valence-corrected chi connectivity index (χ1v) is 7.97. The Morgan fingerprint density at radius 3 is 2.64 bits per heavy atom. The maximum atomic E-state index is 13.2. The summed E-state index contributed by atoms with van der Waals surface area (Å²) in [6.45, 7) is 3.83. The number of rotatable bonds is 6. The van der Waals surface area contributed by atoms with E-state index >= 15 is 0 Å². The molecule has 7 heteroatoms. The second-order valence-corrected chi connectivity index (χ2v) is 5.60. The van der Waals surface area contributed by atoms with Crippen LogP contribution in [0.2, 0.25) is 0 Å². The number of nitrogens with zero attached hydrogens (tertiary/aromatic N) is 3. The van der Waals surface area contributed by atoms with Gasteiger partial charge >= 0.3 is 0 Å². The van der Waals surface area contributed by atoms with E-state index in [0.29, 0.717) is 19.0 Å². The molecule has 0 atom stereocenters. The van der Waals surface area contributed by atoms with Crippen LogP contribution in [0.4, 0.5) is 10.2 Å². The molecule has 0 saturated carbocycles. The Kier molecular flexibility index (Phi) is 9.18. The van der Waals surface area contributed by atoms with Crippen molar-refractivity contribution in [2.45, 2.75) is 20.0 Å². The highest BCUT2D eigenvalue weighted by Gasteiger charge is 2.02. The van der Waals surface area contributed by atoms with Crippen LogP contribution in [0.1, 0.15) is 18.1 Å². The number of nitrogens with one attached hydrogen (secondary N) is 2. The number of hydrogen-bond donors (Lipinski definition) is 2. The Bertz CT molecular complexity index is 691. The van der Waals surface area contributed by atoms with E-state index in [2.05, 4.69) is 20.6 Å². The van der Waals surface area contributed by atoms with Crippen molar-refractivity contribution in [3.05, 3.63) is 59.5 Å². The van der Waals surface area contributed by atoms with E-state index < -0.39 is 0 Å². The molecule has 0 saturated heterocycles. The Hall–Kier alpha value is -1.90. The van der Waals surface area contributed by atoms with Crippen LogP contribution in [0.5, 0.6) is 0 Å². The predicted octanol–water partition coefficient (Wildman–Crippen LogP) is 3.16. The molecule has 2 aromatic rings. The smallest absolute Gasteiger partial charge is 0.191 e. The molecule has 0 unspecified atom stereocenters. The van der Waals surface area contributed by atoms with Gasteiger partial charge in [0, 0.05) is 33.4 Å². The van der Waals surface area contributed by atoms with Gasteiger partial charge < -0.3 is 15.5 Å². The number of aliphatic imine (C=N–C) groups is 1. The second-order valence-electron chi connectivity index (χ2n) is 5.60. The maximum Gasteiger partial charge on any atom is 0.191 e. The van der Waals surface area contributed by atoms with Crippen LogP contribution in [0.3, 0.4) is 0 Å². The molecule has 0 aliphatic rings. The predicted molar refractivity (Wildman–Crippen MR) is 112 cm³/mol. The third kappa shape index (κ3) is 7.25. The molecule has 1 aromatic carbocycles. The number of hydrogen-bond acceptors (Lipinski definition) is 3. The van der Waals surface area contributed by atoms with Gasteiger partial charge in [0.2, 0.25) is 0 Å². The molecule has 5 nitrogen and oxygen atoms in total. The number of pyridine rings is 1. The average molecular weight is 457 g/mol. The van der Waals surface area contributed by atoms with E-state index in [0.717, 1.165) is 23.5 Å². The molecule has 0 spiro atoms. The standard InChI is InChI=1S/C18H24FN5.HI/c1-4-20-18(22-12-14-6-5-7-16(19)10-14)23-13-15-8-9-21-17(11-15)24(2)3;/h5-11H,4,12-13H2,1-3H3,(H2,20,22,23);1H. The molecule has 25 heavy (non-hydrogen) atoms. The molecule has 0 amide bonds. The van der Waals surface area contributed by atoms with Crippen LogP contribution in [0.15, 0.2) is 47.6 Å². The lowest BCUT2D eigenvalue weighted by atomic mass is 10.2. The van der Waals surface area contributed by atoms with Crippen LogP contribution < -0.4 is 15.5 Å². The van der Waals surface area contributed by atoms with Gasteiger partial charge in [-0.1, -0.05) is 12.1 Å². The van der Waals surface area contributed by atoms with Crippen LogP contribution in [0, 0.1) is 5.82 Å². The number of halogens is 2. The lowest BCUT2D eigenvalue weighted by molar-refractivity contribution is 0.625. The van der Waals surface area contributed by atoms with Gasteiger partial charge in [-0.05, 0) is 42.3 Å². The van der Waals surface area contributed by atoms with Gasteiger partial charge in [0.05, 0.1) is 6.54 Å². The molecule has 0 fully saturated rings. The fourth-order valence-electron chi connectivity index (χ4n) is 2.15. The van der Waals surface area contributed by atoms with Crippen LogP contribution >= 0.6 is 24.0 Å². The topological polar surface area (TPSA) is 52.6 Å². The van der Waals surface area contributed by atoms with Crippen LogP contribution in [-0.2, 0) is 13.1 Å². The first kappa shape index (κ1) is 21.1. The van der Waals surface area contributed by atoms with E-state index in [-0.39, 0.29) is 29.8 Å². The van der Waals surface area contributed by atoms with Gasteiger partial charge in [-0.2, -0.15) is 0 Å². The van der Waals surface area contributed by atoms with Gasteiger partial charge in [0.15, 0.2) is 5.96 Å². The summed E-state index contributed by atoms with van der Waals surface area (Å²) in [6.07, 6.45) is 1.79. The summed E-state index contributed by atoms with van der Waals surface area (Å²) >= 11 is 0. The lowest BCUT2D eigenvalue weighted by Crippen LogP contribution is -2.36. The van der Waals surface area contributed by atoms with Gasteiger partial charge in [-0.15, -0.1) is 24.0 Å². The fourth-order valence-corrected chi connectivity index (χ4v) is 2.15. The van der Waals surface area contributed by atoms with Crippen molar-refractivity contribution in [3.8, 4) is 0 Å². The Morgan fingerprint density at radius 1 is 1.16 bits per heavy atom. The maximum absolute atomic E-state index is 13.2. The van der Waals surface area contributed by atoms with Gasteiger partial charge in [0.25, 0.3) is 0 Å². The quantitative estimate of drug-likeness (QED) is 0.398. The second kappa shape index (κ2) is 10.9. The van der Waals surface area contributed by atoms with E-state index in [9.17, 15) is 4.39 Å². The third-order valence-electron chi connectivity index (χ3n) is 3.38. The number of anilines is 1. The molecule has 1 heterocycles. The van der Waals surface area contributed by atoms with Gasteiger partial charge in [0.1, 0.15) is 11.6 Å². The Labute approximate surface area is 165 Å². The monoisotopic (exact) mass is 457 g/mol. The van der Waals surface area contributed by atoms with Gasteiger partial charge in [-0.25, -0.2) is 14.4 Å². The summed E-state index contributed by atoms with van der Waals surface area (Å²) in [7, 11) is 3.92. The molecule has 136 valence electrons. The molecular weight excluding hydrogens is 432 g/mol. The molecule has 1 aromatic heterocycles. The number of benzene rings is 1. The molecular formula is C18H25FIN5. The molecule has 0 radical (unpaired) electrons. The fraction of sp³-hybridized carbons (Fsp3) is 0.333. The minimum atomic E-state index is -0.242. The average Bonchev–Trinajstić information content (AvgIpc) is 2.57. The molecule has 0 aliphatic heterocycles. The van der Waals surface area contributed by atoms with Crippen molar-refractivity contribution in [1.82, 2.24) is 15.6 Å². The third-order valence-corrected chi connectivity index (χ3v) is 3.38. The zero-order valence-electron chi connectivity index (χ0n) is 14.8. The molecule has 0 bridgehead atoms. The number of aromatic nitrogens is 1. The Balaban J connectivity index is 0.00000312. The van der Waals surface area contributed by atoms with Crippen molar-refractivity contribution in [2.75, 3.05) is 25.5 Å². The van der Waals surface area contributed by atoms with Crippen molar-refractivity contribution in [1.29, 1.82) is 0 Å². The van der Waals surface area contributed by atoms with Crippen molar-refractivity contribution >= 4 is 35.8 Å². The van der Waals surface area contributed by atoms with E-state index in [1.54, 1.807) is 12.3 Å². The van der Waals surface area contributed by atoms with E-state index in [1.165, 1.54) is 12.1 Å². The van der Waals surface area contributed by atoms with Gasteiger partial charge in [-0.3, -0.25) is 0 Å². The highest BCUT2D eigenvalue weighted by Crippen LogP contribution is 2.09. The first-order valence-electron chi connectivity index (χ1n) is 7.97. The van der Waals surface area contributed by atoms with Crippen LogP contribution in [0.25, 0.3) is 0 Å². The largest absolute Gasteiger partial charge is 0.363 e. The highest BCUT2D eigenvalue weighted by atomic mass is 127. The highest BCUT2D eigenvalue weighted by molar-refractivity contribution is 14.0. The van der Waals surface area contributed by atoms with E-state index in [4.69, 9.17) is 0 Å². The van der Waals surface area contributed by atoms with Crippen molar-refractivity contribution in [2.24, 2.45) is 4.99 Å². The summed E-state index contributed by atoms with van der Waals surface area (Å²) in [4.78, 5) is 10.8. The zero-order valence-corrected chi connectivity index (χ0v) is 17.1. The minimum absolute atomic E-state index is 0. The molecule has 0 aliphatic carbocycles. The van der Waals surface area contributed by atoms with Crippen molar-refractivity contribution < 1.29 is 4.39 Å². The SMILES string of the molecule is CCNC(=NCc1cccc(F)c1)NCc1ccnc(N(C)C)c1.I. The first-order chi connectivity index (χ1) is 11.6. The van der Waals surface area contributed by atoms with E-state index in [1.807, 2.05) is 44.1 Å². The number of guanidine groups is 1. The summed E-state index contributed by atoms with van der Waals surface area (Å²) in [5.74, 6) is 1.37. The summed E-state index contributed by atoms with van der Waals surface area (Å²) in [6, 6.07) is 10.5. The summed E-state index contributed by atoms with van der Waals surface area (Å²) in [5, 5.41) is 6.48. The van der Waals surface area contributed by atoms with Crippen LogP contribution in [-0.4, -0.2) is 31.6 Å². The Morgan fingerprint density at radius 2 is 1.96 bits per heavy atom. The normalized spacial score (nSPS) is 10.8. The lowest BCUT2D eigenvalue weighted by Gasteiger charge is -2.14. The van der Waals surface area contributed by atoms with Crippen molar-refractivity contribution in [3.63, 3.8) is 0 Å². The minimum Gasteiger partial charge on any atom is -0.363 e. The zero-order chi connectivity index (χ0) is 17.4.